The molecule has 0 aromatic heterocycles. The number of urea groups is 1. The Bertz CT molecular complexity index is 443. The lowest BCUT2D eigenvalue weighted by Crippen LogP contribution is -2.41. The zero-order chi connectivity index (χ0) is 15.7. The molecule has 2 unspecified atom stereocenters. The zero-order valence-electron chi connectivity index (χ0n) is 12.4. The number of carbonyl (C=O) groups excluding carboxylic acids is 1. The van der Waals surface area contributed by atoms with Crippen LogP contribution in [-0.2, 0) is 0 Å². The maximum atomic E-state index is 11.6. The highest BCUT2D eigenvalue weighted by Gasteiger charge is 2.09. The van der Waals surface area contributed by atoms with E-state index in [1.807, 2.05) is 26.0 Å². The highest BCUT2D eigenvalue weighted by Crippen LogP contribution is 2.23. The highest BCUT2D eigenvalue weighted by molar-refractivity contribution is 6.32. The number of para-hydroxylation sites is 1. The average Bonchev–Trinajstić information content (AvgIpc) is 2.47. The third-order valence-corrected chi connectivity index (χ3v) is 3.26. The largest absolute Gasteiger partial charge is 0.487 e. The second-order valence-corrected chi connectivity index (χ2v) is 5.25. The van der Waals surface area contributed by atoms with Crippen LogP contribution in [0.1, 0.15) is 26.7 Å². The molecule has 3 N–H and O–H groups in total. The van der Waals surface area contributed by atoms with E-state index in [0.29, 0.717) is 36.7 Å². The lowest BCUT2D eigenvalue weighted by Gasteiger charge is -2.16. The Morgan fingerprint density at radius 3 is 2.76 bits per heavy atom. The summed E-state index contributed by atoms with van der Waals surface area (Å²) in [4.78, 5) is 11.6. The van der Waals surface area contributed by atoms with Gasteiger partial charge in [-0.15, -0.1) is 0 Å². The number of rotatable bonds is 8. The predicted octanol–water partition coefficient (Wildman–Crippen LogP) is 2.57. The molecule has 2 amide bonds. The van der Waals surface area contributed by atoms with E-state index in [-0.39, 0.29) is 18.2 Å². The van der Waals surface area contributed by atoms with Crippen molar-refractivity contribution in [3.63, 3.8) is 0 Å². The smallest absolute Gasteiger partial charge is 0.314 e. The summed E-state index contributed by atoms with van der Waals surface area (Å²) in [7, 11) is 0. The molecular formula is C15H23ClN2O3. The van der Waals surface area contributed by atoms with Gasteiger partial charge in [-0.1, -0.05) is 30.7 Å². The minimum absolute atomic E-state index is 0.197. The molecule has 0 radical (unpaired) electrons. The van der Waals surface area contributed by atoms with Crippen LogP contribution < -0.4 is 15.4 Å². The number of benzene rings is 1. The van der Waals surface area contributed by atoms with Crippen molar-refractivity contribution in [1.82, 2.24) is 10.6 Å². The maximum absolute atomic E-state index is 11.6. The number of aliphatic hydroxyl groups is 1. The van der Waals surface area contributed by atoms with Crippen LogP contribution in [0.2, 0.25) is 5.02 Å². The van der Waals surface area contributed by atoms with E-state index >= 15 is 0 Å². The van der Waals surface area contributed by atoms with E-state index in [1.54, 1.807) is 12.1 Å². The Kier molecular flexibility index (Phi) is 7.93. The first-order chi connectivity index (χ1) is 10.0. The van der Waals surface area contributed by atoms with Crippen molar-refractivity contribution in [2.24, 2.45) is 0 Å². The highest BCUT2D eigenvalue weighted by atomic mass is 35.5. The fraction of sp³-hybridized carbons (Fsp3) is 0.533. The number of ether oxygens (including phenoxy) is 1. The van der Waals surface area contributed by atoms with Crippen LogP contribution in [0.25, 0.3) is 0 Å². The second-order valence-electron chi connectivity index (χ2n) is 4.85. The van der Waals surface area contributed by atoms with Gasteiger partial charge in [-0.3, -0.25) is 0 Å². The fourth-order valence-electron chi connectivity index (χ4n) is 1.65. The van der Waals surface area contributed by atoms with Gasteiger partial charge in [0.2, 0.25) is 0 Å². The molecule has 1 aromatic carbocycles. The summed E-state index contributed by atoms with van der Waals surface area (Å²) < 4.78 is 5.64. The summed E-state index contributed by atoms with van der Waals surface area (Å²) in [5.41, 5.74) is 0. The van der Waals surface area contributed by atoms with Crippen LogP contribution in [0, 0.1) is 0 Å². The fourth-order valence-corrected chi connectivity index (χ4v) is 1.83. The van der Waals surface area contributed by atoms with Crippen molar-refractivity contribution >= 4 is 17.6 Å². The summed E-state index contributed by atoms with van der Waals surface area (Å²) in [6.07, 6.45) is 0.673. The monoisotopic (exact) mass is 314 g/mol. The van der Waals surface area contributed by atoms with Crippen LogP contribution in [0.3, 0.4) is 0 Å². The molecule has 21 heavy (non-hydrogen) atoms. The second kappa shape index (κ2) is 9.47. The van der Waals surface area contributed by atoms with Crippen molar-refractivity contribution in [1.29, 1.82) is 0 Å². The summed E-state index contributed by atoms with van der Waals surface area (Å²) in [5, 5.41) is 15.3. The summed E-state index contributed by atoms with van der Waals surface area (Å²) in [6, 6.07) is 6.94. The van der Waals surface area contributed by atoms with Crippen LogP contribution >= 0.6 is 11.6 Å². The number of hydrogen-bond donors (Lipinski definition) is 3. The maximum Gasteiger partial charge on any atom is 0.314 e. The molecule has 0 aliphatic rings. The van der Waals surface area contributed by atoms with Crippen LogP contribution in [0.5, 0.6) is 5.75 Å². The Hall–Kier alpha value is -1.46. The quantitative estimate of drug-likeness (QED) is 0.690. The molecule has 6 heteroatoms. The molecule has 1 rings (SSSR count). The van der Waals surface area contributed by atoms with Gasteiger partial charge in [0.25, 0.3) is 0 Å². The first-order valence-electron chi connectivity index (χ1n) is 7.13. The van der Waals surface area contributed by atoms with Crippen molar-refractivity contribution in [2.75, 3.05) is 13.1 Å². The first kappa shape index (κ1) is 17.6. The van der Waals surface area contributed by atoms with E-state index in [1.165, 1.54) is 0 Å². The molecule has 118 valence electrons. The normalized spacial score (nSPS) is 13.3. The first-order valence-corrected chi connectivity index (χ1v) is 7.51. The molecule has 0 heterocycles. The van der Waals surface area contributed by atoms with E-state index in [2.05, 4.69) is 10.6 Å². The van der Waals surface area contributed by atoms with Gasteiger partial charge in [0.1, 0.15) is 11.9 Å². The minimum atomic E-state index is -0.368. The molecular weight excluding hydrogens is 292 g/mol. The van der Waals surface area contributed by atoms with Crippen LogP contribution in [0.15, 0.2) is 24.3 Å². The Morgan fingerprint density at radius 2 is 2.10 bits per heavy atom. The van der Waals surface area contributed by atoms with Gasteiger partial charge in [-0.25, -0.2) is 4.79 Å². The molecule has 0 saturated carbocycles. The number of nitrogens with one attached hydrogen (secondary N) is 2. The van der Waals surface area contributed by atoms with Gasteiger partial charge < -0.3 is 20.5 Å². The van der Waals surface area contributed by atoms with Gasteiger partial charge in [0.05, 0.1) is 17.7 Å². The number of amides is 2. The van der Waals surface area contributed by atoms with Crippen LogP contribution in [0.4, 0.5) is 4.79 Å². The van der Waals surface area contributed by atoms with Gasteiger partial charge in [-0.05, 0) is 31.9 Å². The van der Waals surface area contributed by atoms with E-state index < -0.39 is 0 Å². The van der Waals surface area contributed by atoms with Crippen molar-refractivity contribution in [3.8, 4) is 5.75 Å². The number of aliphatic hydroxyl groups excluding tert-OH is 1. The molecule has 0 aliphatic carbocycles. The molecule has 0 fully saturated rings. The molecule has 0 spiro atoms. The van der Waals surface area contributed by atoms with Crippen molar-refractivity contribution in [3.05, 3.63) is 29.3 Å². The summed E-state index contributed by atoms with van der Waals surface area (Å²) in [5.74, 6) is 0.597. The number of hydrogen-bond acceptors (Lipinski definition) is 3. The SMILES string of the molecule is CCC(O)CCNC(=O)NCC(C)Oc1ccccc1Cl. The number of carbonyl (C=O) groups is 1. The predicted molar refractivity (Wildman–Crippen MR) is 83.9 cm³/mol. The number of halogens is 1. The Morgan fingerprint density at radius 1 is 1.38 bits per heavy atom. The van der Waals surface area contributed by atoms with Gasteiger partial charge in [0, 0.05) is 6.54 Å². The lowest BCUT2D eigenvalue weighted by atomic mass is 10.2. The van der Waals surface area contributed by atoms with Crippen molar-refractivity contribution in [2.45, 2.75) is 38.9 Å². The van der Waals surface area contributed by atoms with Gasteiger partial charge in [0.15, 0.2) is 0 Å². The topological polar surface area (TPSA) is 70.6 Å². The third kappa shape index (κ3) is 7.20. The minimum Gasteiger partial charge on any atom is -0.487 e. The molecule has 1 aromatic rings. The molecule has 0 bridgehead atoms. The lowest BCUT2D eigenvalue weighted by molar-refractivity contribution is 0.159. The molecule has 0 aliphatic heterocycles. The van der Waals surface area contributed by atoms with E-state index in [0.717, 1.165) is 0 Å². The zero-order valence-corrected chi connectivity index (χ0v) is 13.2. The van der Waals surface area contributed by atoms with Gasteiger partial charge >= 0.3 is 6.03 Å². The summed E-state index contributed by atoms with van der Waals surface area (Å²) in [6.45, 7) is 4.57. The van der Waals surface area contributed by atoms with Gasteiger partial charge in [-0.2, -0.15) is 0 Å². The third-order valence-electron chi connectivity index (χ3n) is 2.95. The molecule has 5 nitrogen and oxygen atoms in total. The van der Waals surface area contributed by atoms with Crippen molar-refractivity contribution < 1.29 is 14.6 Å². The Balaban J connectivity index is 2.22. The average molecular weight is 315 g/mol. The molecule has 2 atom stereocenters. The van der Waals surface area contributed by atoms with E-state index in [9.17, 15) is 9.90 Å². The standard InChI is InChI=1S/C15H23ClN2O3/c1-3-12(19)8-9-17-15(20)18-10-11(2)21-14-7-5-4-6-13(14)16/h4-7,11-12,19H,3,8-10H2,1-2H3,(H2,17,18,20). The summed E-state index contributed by atoms with van der Waals surface area (Å²) >= 11 is 5.99. The Labute approximate surface area is 130 Å². The van der Waals surface area contributed by atoms with Crippen LogP contribution in [-0.4, -0.2) is 36.4 Å². The van der Waals surface area contributed by atoms with E-state index in [4.69, 9.17) is 16.3 Å². The molecule has 0 saturated heterocycles.